The molecule has 0 bridgehead atoms. The van der Waals surface area contributed by atoms with Gasteiger partial charge < -0.3 is 24.0 Å². The second-order valence-corrected chi connectivity index (χ2v) is 6.09. The molecular formula is C16H13N3O4S. The molecule has 0 fully saturated rings. The molecule has 24 heavy (non-hydrogen) atoms. The number of nitrogens with one attached hydrogen (secondary N) is 1. The Balaban J connectivity index is 1.58. The fourth-order valence-electron chi connectivity index (χ4n) is 2.28. The molecule has 0 amide bonds. The second-order valence-electron chi connectivity index (χ2n) is 5.08. The summed E-state index contributed by atoms with van der Waals surface area (Å²) in [5.74, 6) is 2.33. The highest BCUT2D eigenvalue weighted by molar-refractivity contribution is 7.99. The predicted octanol–water partition coefficient (Wildman–Crippen LogP) is 2.88. The molecule has 3 heterocycles. The number of furan rings is 2. The van der Waals surface area contributed by atoms with E-state index in [0.717, 1.165) is 22.7 Å². The normalized spacial score (nSPS) is 11.6. The monoisotopic (exact) mass is 343 g/mol. The molecule has 0 unspecified atom stereocenters. The molecule has 8 heteroatoms. The molecular weight excluding hydrogens is 330 g/mol. The van der Waals surface area contributed by atoms with Gasteiger partial charge in [0.25, 0.3) is 0 Å². The Morgan fingerprint density at radius 3 is 2.67 bits per heavy atom. The molecule has 1 aromatic carbocycles. The molecule has 122 valence electrons. The van der Waals surface area contributed by atoms with Crippen molar-refractivity contribution in [3.8, 4) is 23.1 Å². The number of benzene rings is 1. The number of aromatic nitrogens is 3. The number of fused-ring (bicyclic) bond motifs is 1. The van der Waals surface area contributed by atoms with Crippen LogP contribution >= 0.6 is 11.8 Å². The van der Waals surface area contributed by atoms with Gasteiger partial charge in [-0.15, -0.1) is 10.2 Å². The van der Waals surface area contributed by atoms with E-state index in [2.05, 4.69) is 15.2 Å². The highest BCUT2D eigenvalue weighted by atomic mass is 32.2. The van der Waals surface area contributed by atoms with E-state index in [0.29, 0.717) is 28.3 Å². The average Bonchev–Trinajstić information content (AvgIpc) is 3.29. The number of aliphatic hydroxyl groups is 2. The van der Waals surface area contributed by atoms with Gasteiger partial charge in [-0.2, -0.15) is 0 Å². The van der Waals surface area contributed by atoms with Gasteiger partial charge in [-0.05, 0) is 24.3 Å². The maximum atomic E-state index is 8.87. The highest BCUT2D eigenvalue weighted by Gasteiger charge is 2.14. The number of thioether (sulfide) groups is 1. The summed E-state index contributed by atoms with van der Waals surface area (Å²) >= 11 is 1.16. The zero-order valence-corrected chi connectivity index (χ0v) is 13.2. The van der Waals surface area contributed by atoms with Crippen molar-refractivity contribution in [2.24, 2.45) is 0 Å². The molecule has 4 rings (SSSR count). The van der Waals surface area contributed by atoms with Gasteiger partial charge in [0, 0.05) is 5.39 Å². The first-order valence-electron chi connectivity index (χ1n) is 7.20. The molecule has 0 saturated heterocycles. The largest absolute Gasteiger partial charge is 0.453 e. The summed E-state index contributed by atoms with van der Waals surface area (Å²) in [4.78, 5) is 2.97. The van der Waals surface area contributed by atoms with Gasteiger partial charge in [0.1, 0.15) is 5.58 Å². The van der Waals surface area contributed by atoms with Gasteiger partial charge in [0.2, 0.25) is 0 Å². The Hall–Kier alpha value is -2.55. The molecule has 0 aliphatic rings. The quantitative estimate of drug-likeness (QED) is 0.378. The van der Waals surface area contributed by atoms with Crippen LogP contribution in [0.15, 0.2) is 56.5 Å². The van der Waals surface area contributed by atoms with Crippen LogP contribution < -0.4 is 0 Å². The van der Waals surface area contributed by atoms with Gasteiger partial charge >= 0.3 is 0 Å². The van der Waals surface area contributed by atoms with E-state index in [1.165, 1.54) is 0 Å². The van der Waals surface area contributed by atoms with E-state index in [4.69, 9.17) is 19.0 Å². The Kier molecular flexibility index (Phi) is 3.85. The fourth-order valence-corrected chi connectivity index (χ4v) is 2.85. The van der Waals surface area contributed by atoms with Crippen molar-refractivity contribution in [1.82, 2.24) is 15.2 Å². The van der Waals surface area contributed by atoms with E-state index >= 15 is 0 Å². The van der Waals surface area contributed by atoms with Crippen LogP contribution in [0.4, 0.5) is 0 Å². The molecule has 3 aromatic heterocycles. The summed E-state index contributed by atoms with van der Waals surface area (Å²) < 4.78 is 11.6. The summed E-state index contributed by atoms with van der Waals surface area (Å²) in [6.45, 7) is 0. The molecule has 0 spiro atoms. The van der Waals surface area contributed by atoms with Crippen LogP contribution in [-0.4, -0.2) is 37.4 Å². The van der Waals surface area contributed by atoms with Crippen molar-refractivity contribution in [3.05, 3.63) is 42.5 Å². The van der Waals surface area contributed by atoms with E-state index in [1.807, 2.05) is 30.3 Å². The topological polar surface area (TPSA) is 108 Å². The third-order valence-corrected chi connectivity index (χ3v) is 4.27. The van der Waals surface area contributed by atoms with Crippen LogP contribution in [0.2, 0.25) is 0 Å². The van der Waals surface area contributed by atoms with Gasteiger partial charge in [0.05, 0.1) is 5.75 Å². The number of rotatable bonds is 5. The average molecular weight is 343 g/mol. The van der Waals surface area contributed by atoms with Crippen molar-refractivity contribution in [2.75, 3.05) is 5.75 Å². The summed E-state index contributed by atoms with van der Waals surface area (Å²) in [6, 6.07) is 13.2. The van der Waals surface area contributed by atoms with Crippen LogP contribution in [0.1, 0.15) is 0 Å². The van der Waals surface area contributed by atoms with E-state index < -0.39 is 6.29 Å². The van der Waals surface area contributed by atoms with Crippen molar-refractivity contribution < 1.29 is 19.0 Å². The fraction of sp³-hybridized carbons (Fsp3) is 0.125. The second kappa shape index (κ2) is 6.16. The van der Waals surface area contributed by atoms with Crippen LogP contribution in [0.5, 0.6) is 0 Å². The smallest absolute Gasteiger partial charge is 0.197 e. The molecule has 7 nitrogen and oxygen atoms in total. The highest BCUT2D eigenvalue weighted by Crippen LogP contribution is 2.31. The first-order valence-corrected chi connectivity index (χ1v) is 8.18. The van der Waals surface area contributed by atoms with Crippen molar-refractivity contribution in [2.45, 2.75) is 11.4 Å². The Bertz CT molecular complexity index is 939. The Morgan fingerprint density at radius 1 is 1.00 bits per heavy atom. The Morgan fingerprint density at radius 2 is 1.83 bits per heavy atom. The predicted molar refractivity (Wildman–Crippen MR) is 88.2 cm³/mol. The lowest BCUT2D eigenvalue weighted by Crippen LogP contribution is -2.07. The zero-order chi connectivity index (χ0) is 16.5. The number of H-pyrrole nitrogens is 1. The maximum Gasteiger partial charge on any atom is 0.197 e. The standard InChI is InChI=1S/C16H13N3O4S/c20-14(21)8-24-16-17-15(18-19-16)12-6-5-11(23-12)13-7-9-3-1-2-4-10(9)22-13/h1-7,14,20-21H,8H2,(H,17,18,19). The summed E-state index contributed by atoms with van der Waals surface area (Å²) in [5.41, 5.74) is 0.798. The number of hydrogen-bond acceptors (Lipinski definition) is 7. The lowest BCUT2D eigenvalue weighted by Gasteiger charge is -1.98. The first kappa shape index (κ1) is 15.0. The minimum absolute atomic E-state index is 0.108. The maximum absolute atomic E-state index is 8.87. The third-order valence-electron chi connectivity index (χ3n) is 3.34. The molecule has 3 N–H and O–H groups in total. The van der Waals surface area contributed by atoms with Crippen molar-refractivity contribution >= 4 is 22.7 Å². The summed E-state index contributed by atoms with van der Waals surface area (Å²) in [5, 5.41) is 27.2. The van der Waals surface area contributed by atoms with Gasteiger partial charge in [-0.25, -0.2) is 0 Å². The lowest BCUT2D eigenvalue weighted by atomic mass is 10.2. The zero-order valence-electron chi connectivity index (χ0n) is 12.3. The molecule has 0 aliphatic heterocycles. The van der Waals surface area contributed by atoms with Gasteiger partial charge in [-0.1, -0.05) is 30.0 Å². The summed E-state index contributed by atoms with van der Waals surface area (Å²) in [7, 11) is 0. The van der Waals surface area contributed by atoms with Crippen LogP contribution in [0.25, 0.3) is 34.1 Å². The van der Waals surface area contributed by atoms with Crippen LogP contribution in [0, 0.1) is 0 Å². The minimum Gasteiger partial charge on any atom is -0.453 e. The van der Waals surface area contributed by atoms with E-state index in [-0.39, 0.29) is 5.75 Å². The lowest BCUT2D eigenvalue weighted by molar-refractivity contribution is -0.0186. The molecule has 0 atom stereocenters. The number of para-hydroxylation sites is 1. The number of aliphatic hydroxyl groups excluding tert-OH is 1. The molecule has 0 radical (unpaired) electrons. The SMILES string of the molecule is OC(O)CSc1nnc(-c2ccc(-c3cc4ccccc4o3)o2)[nH]1. The molecule has 0 saturated carbocycles. The van der Waals surface area contributed by atoms with Crippen molar-refractivity contribution in [3.63, 3.8) is 0 Å². The van der Waals surface area contributed by atoms with Gasteiger partial charge in [0.15, 0.2) is 34.6 Å². The number of nitrogens with zero attached hydrogens (tertiary/aromatic N) is 2. The van der Waals surface area contributed by atoms with Crippen LogP contribution in [-0.2, 0) is 0 Å². The van der Waals surface area contributed by atoms with Gasteiger partial charge in [-0.3, -0.25) is 0 Å². The van der Waals surface area contributed by atoms with Crippen LogP contribution in [0.3, 0.4) is 0 Å². The number of aromatic amines is 1. The Labute approximate surface area is 140 Å². The molecule has 0 aliphatic carbocycles. The van der Waals surface area contributed by atoms with E-state index in [1.54, 1.807) is 12.1 Å². The first-order chi connectivity index (χ1) is 11.7. The third kappa shape index (κ3) is 2.94. The summed E-state index contributed by atoms with van der Waals surface area (Å²) in [6.07, 6.45) is -1.40. The number of hydrogen-bond donors (Lipinski definition) is 3. The minimum atomic E-state index is -1.40. The van der Waals surface area contributed by atoms with Crippen molar-refractivity contribution in [1.29, 1.82) is 0 Å². The van der Waals surface area contributed by atoms with E-state index in [9.17, 15) is 0 Å². The molecule has 4 aromatic rings.